The minimum atomic E-state index is -0.108. The van der Waals surface area contributed by atoms with Crippen molar-refractivity contribution in [2.75, 3.05) is 20.3 Å². The zero-order valence-corrected chi connectivity index (χ0v) is 8.77. The van der Waals surface area contributed by atoms with Crippen LogP contribution < -0.4 is 14.2 Å². The van der Waals surface area contributed by atoms with Gasteiger partial charge in [0.1, 0.15) is 12.1 Å². The topological polar surface area (TPSA) is 75.3 Å². The molecule has 0 saturated carbocycles. The maximum absolute atomic E-state index is 8.45. The van der Waals surface area contributed by atoms with Crippen LogP contribution in [0.15, 0.2) is 18.2 Å². The number of hydrogen-bond donors (Lipinski definition) is 0. The van der Waals surface area contributed by atoms with Crippen LogP contribution in [-0.2, 0) is 0 Å². The monoisotopic (exact) mass is 218 g/mol. The van der Waals surface area contributed by atoms with Crippen LogP contribution in [0.4, 0.5) is 0 Å². The molecule has 5 nitrogen and oxygen atoms in total. The molecule has 1 aromatic carbocycles. The minimum absolute atomic E-state index is 0.0872. The number of ether oxygens (including phenoxy) is 3. The molecule has 0 aliphatic rings. The average molecular weight is 218 g/mol. The first-order valence-electron chi connectivity index (χ1n) is 4.50. The van der Waals surface area contributed by atoms with Crippen LogP contribution in [0.25, 0.3) is 0 Å². The van der Waals surface area contributed by atoms with E-state index in [-0.39, 0.29) is 13.2 Å². The highest BCUT2D eigenvalue weighted by Crippen LogP contribution is 2.36. The molecule has 0 N–H and O–H groups in total. The first-order chi connectivity index (χ1) is 7.83. The molecular formula is C11H10N2O3. The van der Waals surface area contributed by atoms with Crippen molar-refractivity contribution in [3.63, 3.8) is 0 Å². The van der Waals surface area contributed by atoms with E-state index < -0.39 is 0 Å². The summed E-state index contributed by atoms with van der Waals surface area (Å²) in [6, 6.07) is 8.75. The fourth-order valence-corrected chi connectivity index (χ4v) is 1.13. The van der Waals surface area contributed by atoms with Crippen LogP contribution in [-0.4, -0.2) is 20.3 Å². The van der Waals surface area contributed by atoms with Gasteiger partial charge >= 0.3 is 0 Å². The molecule has 0 spiro atoms. The number of hydrogen-bond acceptors (Lipinski definition) is 5. The van der Waals surface area contributed by atoms with Gasteiger partial charge in [-0.15, -0.1) is 0 Å². The van der Waals surface area contributed by atoms with E-state index in [9.17, 15) is 0 Å². The highest BCUT2D eigenvalue weighted by molar-refractivity contribution is 5.51. The molecule has 0 radical (unpaired) electrons. The van der Waals surface area contributed by atoms with Gasteiger partial charge in [-0.2, -0.15) is 10.5 Å². The third-order valence-electron chi connectivity index (χ3n) is 1.74. The van der Waals surface area contributed by atoms with Crippen molar-refractivity contribution in [1.29, 1.82) is 10.5 Å². The van der Waals surface area contributed by atoms with Crippen molar-refractivity contribution in [2.24, 2.45) is 0 Å². The zero-order chi connectivity index (χ0) is 11.8. The van der Waals surface area contributed by atoms with E-state index >= 15 is 0 Å². The summed E-state index contributed by atoms with van der Waals surface area (Å²) in [5.41, 5.74) is 0. The van der Waals surface area contributed by atoms with Crippen molar-refractivity contribution >= 4 is 0 Å². The Morgan fingerprint density at radius 2 is 1.69 bits per heavy atom. The van der Waals surface area contributed by atoms with Crippen molar-refractivity contribution in [1.82, 2.24) is 0 Å². The maximum Gasteiger partial charge on any atom is 0.204 e. The normalized spacial score (nSPS) is 8.69. The second kappa shape index (κ2) is 6.15. The molecule has 1 aromatic rings. The Labute approximate surface area is 93.4 Å². The Hall–Kier alpha value is -2.40. The molecule has 82 valence electrons. The lowest BCUT2D eigenvalue weighted by Gasteiger charge is -2.12. The van der Waals surface area contributed by atoms with Crippen LogP contribution in [0, 0.1) is 22.7 Å². The summed E-state index contributed by atoms with van der Waals surface area (Å²) in [4.78, 5) is 0. The summed E-state index contributed by atoms with van der Waals surface area (Å²) in [6.45, 7) is -0.195. The highest BCUT2D eigenvalue weighted by Gasteiger charge is 2.11. The third-order valence-corrected chi connectivity index (χ3v) is 1.74. The lowest BCUT2D eigenvalue weighted by Crippen LogP contribution is -2.01. The predicted octanol–water partition coefficient (Wildman–Crippen LogP) is 1.50. The highest BCUT2D eigenvalue weighted by atomic mass is 16.5. The summed E-state index contributed by atoms with van der Waals surface area (Å²) >= 11 is 0. The molecule has 0 heterocycles. The Balaban J connectivity index is 2.96. The Bertz CT molecular complexity index is 432. The van der Waals surface area contributed by atoms with E-state index in [0.717, 1.165) is 0 Å². The van der Waals surface area contributed by atoms with Gasteiger partial charge in [0.15, 0.2) is 24.7 Å². The lowest BCUT2D eigenvalue weighted by atomic mass is 10.3. The summed E-state index contributed by atoms with van der Waals surface area (Å²) in [7, 11) is 1.49. The van der Waals surface area contributed by atoms with Crippen molar-refractivity contribution in [2.45, 2.75) is 0 Å². The number of nitrogens with zero attached hydrogens (tertiary/aromatic N) is 2. The Morgan fingerprint density at radius 3 is 2.31 bits per heavy atom. The smallest absolute Gasteiger partial charge is 0.204 e. The summed E-state index contributed by atoms with van der Waals surface area (Å²) < 4.78 is 15.4. The quantitative estimate of drug-likeness (QED) is 0.748. The van der Waals surface area contributed by atoms with Gasteiger partial charge in [0.05, 0.1) is 7.11 Å². The zero-order valence-electron chi connectivity index (χ0n) is 8.77. The number of rotatable bonds is 5. The molecule has 5 heteroatoms. The van der Waals surface area contributed by atoms with Crippen LogP contribution in [0.5, 0.6) is 17.2 Å². The van der Waals surface area contributed by atoms with E-state index in [0.29, 0.717) is 17.2 Å². The van der Waals surface area contributed by atoms with Crippen molar-refractivity contribution in [3.8, 4) is 29.4 Å². The minimum Gasteiger partial charge on any atom is -0.493 e. The van der Waals surface area contributed by atoms with E-state index in [2.05, 4.69) is 0 Å². The van der Waals surface area contributed by atoms with Crippen LogP contribution in [0.3, 0.4) is 0 Å². The van der Waals surface area contributed by atoms with E-state index in [1.165, 1.54) is 7.11 Å². The van der Waals surface area contributed by atoms with E-state index in [1.807, 2.05) is 12.1 Å². The average Bonchev–Trinajstić information content (AvgIpc) is 2.33. The van der Waals surface area contributed by atoms with E-state index in [1.54, 1.807) is 18.2 Å². The van der Waals surface area contributed by atoms with Gasteiger partial charge in [0.25, 0.3) is 0 Å². The van der Waals surface area contributed by atoms with Gasteiger partial charge in [-0.25, -0.2) is 0 Å². The Kier molecular flexibility index (Phi) is 4.49. The van der Waals surface area contributed by atoms with Crippen LogP contribution in [0.1, 0.15) is 0 Å². The van der Waals surface area contributed by atoms with Gasteiger partial charge in [-0.3, -0.25) is 0 Å². The number of nitriles is 2. The largest absolute Gasteiger partial charge is 0.493 e. The molecular weight excluding hydrogens is 208 g/mol. The SMILES string of the molecule is COc1cccc(OCC#N)c1OCC#N. The molecule has 16 heavy (non-hydrogen) atoms. The molecule has 1 rings (SSSR count). The van der Waals surface area contributed by atoms with Crippen molar-refractivity contribution < 1.29 is 14.2 Å². The fraction of sp³-hybridized carbons (Fsp3) is 0.273. The summed E-state index contributed by atoms with van der Waals surface area (Å²) in [5.74, 6) is 1.18. The van der Waals surface area contributed by atoms with E-state index in [4.69, 9.17) is 24.7 Å². The second-order valence-electron chi connectivity index (χ2n) is 2.68. The lowest BCUT2D eigenvalue weighted by molar-refractivity contribution is 0.292. The van der Waals surface area contributed by atoms with Gasteiger partial charge in [0.2, 0.25) is 5.75 Å². The molecule has 0 saturated heterocycles. The first kappa shape index (κ1) is 11.7. The number of para-hydroxylation sites is 1. The molecule has 0 aliphatic carbocycles. The first-order valence-corrected chi connectivity index (χ1v) is 4.50. The van der Waals surface area contributed by atoms with Gasteiger partial charge < -0.3 is 14.2 Å². The van der Waals surface area contributed by atoms with Gasteiger partial charge in [-0.1, -0.05) is 6.07 Å². The second-order valence-corrected chi connectivity index (χ2v) is 2.68. The molecule has 0 aromatic heterocycles. The standard InChI is InChI=1S/C11H10N2O3/c1-14-9-3-2-4-10(15-7-5-12)11(9)16-8-6-13/h2-4H,7-8H2,1H3. The molecule has 0 bridgehead atoms. The third kappa shape index (κ3) is 2.79. The molecule has 0 atom stereocenters. The van der Waals surface area contributed by atoms with Crippen LogP contribution >= 0.6 is 0 Å². The molecule has 0 amide bonds. The molecule has 0 aliphatic heterocycles. The van der Waals surface area contributed by atoms with Gasteiger partial charge in [-0.05, 0) is 12.1 Å². The number of methoxy groups -OCH3 is 1. The summed E-state index contributed by atoms with van der Waals surface area (Å²) in [5, 5.41) is 16.9. The van der Waals surface area contributed by atoms with Crippen LogP contribution in [0.2, 0.25) is 0 Å². The van der Waals surface area contributed by atoms with Crippen molar-refractivity contribution in [3.05, 3.63) is 18.2 Å². The Morgan fingerprint density at radius 1 is 1.06 bits per heavy atom. The molecule has 0 unspecified atom stereocenters. The number of benzene rings is 1. The summed E-state index contributed by atoms with van der Waals surface area (Å²) in [6.07, 6.45) is 0. The predicted molar refractivity (Wildman–Crippen MR) is 55.2 cm³/mol. The van der Waals surface area contributed by atoms with Gasteiger partial charge in [0, 0.05) is 0 Å². The maximum atomic E-state index is 8.45. The molecule has 0 fully saturated rings. The fourth-order valence-electron chi connectivity index (χ4n) is 1.13.